The van der Waals surface area contributed by atoms with E-state index in [2.05, 4.69) is 0 Å². The Morgan fingerprint density at radius 2 is 2.15 bits per heavy atom. The molecule has 2 aliphatic heterocycles. The maximum Gasteiger partial charge on any atom is 0.310 e. The van der Waals surface area contributed by atoms with Crippen LogP contribution in [0.25, 0.3) is 0 Å². The molecule has 0 saturated carbocycles. The molecule has 7 heteroatoms. The highest BCUT2D eigenvalue weighted by Gasteiger charge is 2.35. The molecule has 20 heavy (non-hydrogen) atoms. The number of rotatable bonds is 5. The van der Waals surface area contributed by atoms with E-state index in [1.165, 1.54) is 4.31 Å². The van der Waals surface area contributed by atoms with Gasteiger partial charge in [0, 0.05) is 19.7 Å². The van der Waals surface area contributed by atoms with Gasteiger partial charge in [-0.1, -0.05) is 0 Å². The van der Waals surface area contributed by atoms with Crippen molar-refractivity contribution in [3.8, 4) is 0 Å². The highest BCUT2D eigenvalue weighted by molar-refractivity contribution is 7.89. The van der Waals surface area contributed by atoms with Crippen LogP contribution in [0.3, 0.4) is 0 Å². The van der Waals surface area contributed by atoms with E-state index in [0.717, 1.165) is 12.8 Å². The van der Waals surface area contributed by atoms with Crippen LogP contribution in [0.15, 0.2) is 0 Å². The Balaban J connectivity index is 1.94. The van der Waals surface area contributed by atoms with Crippen molar-refractivity contribution in [1.29, 1.82) is 0 Å². The van der Waals surface area contributed by atoms with E-state index in [1.54, 1.807) is 6.92 Å². The van der Waals surface area contributed by atoms with Gasteiger partial charge in [-0.3, -0.25) is 4.79 Å². The Morgan fingerprint density at radius 1 is 1.35 bits per heavy atom. The van der Waals surface area contributed by atoms with Crippen LogP contribution >= 0.6 is 0 Å². The Hall–Kier alpha value is -0.660. The molecule has 2 rings (SSSR count). The molecule has 0 amide bonds. The third kappa shape index (κ3) is 3.93. The molecule has 2 fully saturated rings. The summed E-state index contributed by atoms with van der Waals surface area (Å²) in [7, 11) is -3.35. The van der Waals surface area contributed by atoms with Crippen molar-refractivity contribution in [2.75, 3.05) is 32.1 Å². The summed E-state index contributed by atoms with van der Waals surface area (Å²) in [5, 5.41) is 0. The van der Waals surface area contributed by atoms with Crippen molar-refractivity contribution in [3.63, 3.8) is 0 Å². The van der Waals surface area contributed by atoms with Gasteiger partial charge in [-0.05, 0) is 32.6 Å². The first kappa shape index (κ1) is 15.7. The van der Waals surface area contributed by atoms with Crippen molar-refractivity contribution in [3.05, 3.63) is 0 Å². The minimum absolute atomic E-state index is 0.0303. The molecule has 0 aliphatic carbocycles. The van der Waals surface area contributed by atoms with Gasteiger partial charge in [-0.2, -0.15) is 0 Å². The quantitative estimate of drug-likeness (QED) is 0.702. The highest BCUT2D eigenvalue weighted by Crippen LogP contribution is 2.23. The van der Waals surface area contributed by atoms with Crippen molar-refractivity contribution in [2.45, 2.75) is 38.7 Å². The third-order valence-corrected chi connectivity index (χ3v) is 5.73. The van der Waals surface area contributed by atoms with E-state index in [-0.39, 0.29) is 30.3 Å². The van der Waals surface area contributed by atoms with Crippen molar-refractivity contribution >= 4 is 16.0 Å². The van der Waals surface area contributed by atoms with Gasteiger partial charge < -0.3 is 9.47 Å². The molecule has 2 saturated heterocycles. The molecule has 2 heterocycles. The number of sulfonamides is 1. The Bertz CT molecular complexity index is 430. The van der Waals surface area contributed by atoms with Crippen LogP contribution in [0.4, 0.5) is 0 Å². The molecule has 2 aliphatic rings. The summed E-state index contributed by atoms with van der Waals surface area (Å²) in [6, 6.07) is 0. The normalized spacial score (nSPS) is 28.4. The lowest BCUT2D eigenvalue weighted by molar-refractivity contribution is -0.149. The van der Waals surface area contributed by atoms with Crippen LogP contribution in [-0.4, -0.2) is 56.9 Å². The number of esters is 1. The summed E-state index contributed by atoms with van der Waals surface area (Å²) in [5.41, 5.74) is 0. The lowest BCUT2D eigenvalue weighted by Gasteiger charge is -2.31. The van der Waals surface area contributed by atoms with Crippen LogP contribution in [0.5, 0.6) is 0 Å². The summed E-state index contributed by atoms with van der Waals surface area (Å²) in [5.74, 6) is -0.588. The lowest BCUT2D eigenvalue weighted by atomic mass is 10.0. The SMILES string of the molecule is CCOC(=O)[C@H]1CCCN(S(=O)(=O)CC2CCCO2)C1. The smallest absolute Gasteiger partial charge is 0.310 e. The molecule has 0 aromatic carbocycles. The summed E-state index contributed by atoms with van der Waals surface area (Å²) >= 11 is 0. The second-order valence-electron chi connectivity index (χ2n) is 5.36. The van der Waals surface area contributed by atoms with E-state index in [4.69, 9.17) is 9.47 Å². The zero-order valence-corrected chi connectivity index (χ0v) is 12.7. The zero-order valence-electron chi connectivity index (χ0n) is 11.9. The van der Waals surface area contributed by atoms with Crippen LogP contribution in [-0.2, 0) is 24.3 Å². The predicted molar refractivity (Wildman–Crippen MR) is 73.7 cm³/mol. The van der Waals surface area contributed by atoms with Crippen LogP contribution in [0.2, 0.25) is 0 Å². The summed E-state index contributed by atoms with van der Waals surface area (Å²) in [6.45, 7) is 3.47. The topological polar surface area (TPSA) is 72.9 Å². The molecule has 0 radical (unpaired) electrons. The molecule has 0 aromatic rings. The van der Waals surface area contributed by atoms with E-state index in [1.807, 2.05) is 0 Å². The summed E-state index contributed by atoms with van der Waals surface area (Å²) in [6.07, 6.45) is 2.93. The average molecular weight is 305 g/mol. The second-order valence-corrected chi connectivity index (χ2v) is 7.38. The number of piperidine rings is 1. The minimum Gasteiger partial charge on any atom is -0.466 e. The standard InChI is InChI=1S/C13H23NO5S/c1-2-18-13(15)11-5-3-7-14(9-11)20(16,17)10-12-6-4-8-19-12/h11-12H,2-10H2,1H3/t11-,12?/m0/s1. The van der Waals surface area contributed by atoms with Gasteiger partial charge in [-0.25, -0.2) is 12.7 Å². The van der Waals surface area contributed by atoms with E-state index < -0.39 is 10.0 Å². The number of hydrogen-bond acceptors (Lipinski definition) is 5. The molecule has 116 valence electrons. The lowest BCUT2D eigenvalue weighted by Crippen LogP contribution is -2.45. The van der Waals surface area contributed by atoms with Gasteiger partial charge >= 0.3 is 5.97 Å². The Labute approximate surface area is 120 Å². The number of nitrogens with zero attached hydrogens (tertiary/aromatic N) is 1. The first-order valence-electron chi connectivity index (χ1n) is 7.29. The maximum absolute atomic E-state index is 12.4. The molecular weight excluding hydrogens is 282 g/mol. The Morgan fingerprint density at radius 3 is 2.80 bits per heavy atom. The summed E-state index contributed by atoms with van der Waals surface area (Å²) in [4.78, 5) is 11.7. The molecule has 0 N–H and O–H groups in total. The summed E-state index contributed by atoms with van der Waals surface area (Å²) < 4.78 is 36.5. The Kier molecular flexibility index (Phi) is 5.40. The van der Waals surface area contributed by atoms with Crippen LogP contribution in [0, 0.1) is 5.92 Å². The second kappa shape index (κ2) is 6.87. The van der Waals surface area contributed by atoms with E-state index in [9.17, 15) is 13.2 Å². The van der Waals surface area contributed by atoms with Gasteiger partial charge in [0.1, 0.15) is 0 Å². The van der Waals surface area contributed by atoms with Gasteiger partial charge in [0.15, 0.2) is 0 Å². The zero-order chi connectivity index (χ0) is 14.6. The first-order valence-corrected chi connectivity index (χ1v) is 8.90. The minimum atomic E-state index is -3.35. The molecule has 1 unspecified atom stereocenters. The van der Waals surface area contributed by atoms with Crippen molar-refractivity contribution in [1.82, 2.24) is 4.31 Å². The highest BCUT2D eigenvalue weighted by atomic mass is 32.2. The van der Waals surface area contributed by atoms with Crippen molar-refractivity contribution in [2.24, 2.45) is 5.92 Å². The maximum atomic E-state index is 12.4. The van der Waals surface area contributed by atoms with Gasteiger partial charge in [-0.15, -0.1) is 0 Å². The monoisotopic (exact) mass is 305 g/mol. The largest absolute Gasteiger partial charge is 0.466 e. The number of ether oxygens (including phenoxy) is 2. The third-order valence-electron chi connectivity index (χ3n) is 3.82. The fourth-order valence-corrected chi connectivity index (χ4v) is 4.52. The molecular formula is C13H23NO5S. The van der Waals surface area contributed by atoms with Crippen LogP contribution < -0.4 is 0 Å². The first-order chi connectivity index (χ1) is 9.53. The fraction of sp³-hybridized carbons (Fsp3) is 0.923. The predicted octanol–water partition coefficient (Wildman–Crippen LogP) is 0.770. The average Bonchev–Trinajstić information content (AvgIpc) is 2.91. The molecule has 0 aromatic heterocycles. The number of hydrogen-bond donors (Lipinski definition) is 0. The number of carbonyl (C=O) groups is 1. The molecule has 0 bridgehead atoms. The van der Waals surface area contributed by atoms with Gasteiger partial charge in [0.05, 0.1) is 24.4 Å². The van der Waals surface area contributed by atoms with Gasteiger partial charge in [0.2, 0.25) is 10.0 Å². The fourth-order valence-electron chi connectivity index (χ4n) is 2.76. The molecule has 2 atom stereocenters. The number of carbonyl (C=O) groups excluding carboxylic acids is 1. The molecule has 6 nitrogen and oxygen atoms in total. The van der Waals surface area contributed by atoms with E-state index >= 15 is 0 Å². The van der Waals surface area contributed by atoms with Crippen molar-refractivity contribution < 1.29 is 22.7 Å². The van der Waals surface area contributed by atoms with E-state index in [0.29, 0.717) is 32.6 Å². The molecule has 0 spiro atoms. The van der Waals surface area contributed by atoms with Gasteiger partial charge in [0.25, 0.3) is 0 Å². The van der Waals surface area contributed by atoms with Crippen LogP contribution in [0.1, 0.15) is 32.6 Å².